The summed E-state index contributed by atoms with van der Waals surface area (Å²) in [6.07, 6.45) is 8.52. The number of carbonyl (C=O) groups is 1. The lowest BCUT2D eigenvalue weighted by atomic mass is 10.1. The molecule has 0 aliphatic heterocycles. The molecule has 1 amide bonds. The molecule has 4 aromatic rings. The summed E-state index contributed by atoms with van der Waals surface area (Å²) in [5.41, 5.74) is 3.53. The predicted molar refractivity (Wildman–Crippen MR) is 120 cm³/mol. The normalized spacial score (nSPS) is 13.3. The molecule has 0 radical (unpaired) electrons. The number of benzene rings is 1. The van der Waals surface area contributed by atoms with Crippen LogP contribution in [0.5, 0.6) is 0 Å². The van der Waals surface area contributed by atoms with Crippen LogP contribution in [-0.4, -0.2) is 53.7 Å². The highest BCUT2D eigenvalue weighted by atomic mass is 19.1. The molecule has 0 unspecified atom stereocenters. The van der Waals surface area contributed by atoms with Crippen molar-refractivity contribution >= 4 is 5.91 Å². The van der Waals surface area contributed by atoms with E-state index in [9.17, 15) is 9.18 Å². The van der Waals surface area contributed by atoms with E-state index in [1.807, 2.05) is 42.3 Å². The summed E-state index contributed by atoms with van der Waals surface area (Å²) >= 11 is 0. The lowest BCUT2D eigenvalue weighted by Crippen LogP contribution is -2.36. The van der Waals surface area contributed by atoms with Gasteiger partial charge in [0.1, 0.15) is 11.5 Å². The fraction of sp³-hybridized carbons (Fsp3) is 0.292. The van der Waals surface area contributed by atoms with Crippen molar-refractivity contribution in [3.05, 3.63) is 78.1 Å². The van der Waals surface area contributed by atoms with Crippen molar-refractivity contribution in [1.29, 1.82) is 0 Å². The zero-order valence-electron chi connectivity index (χ0n) is 18.3. The largest absolute Gasteiger partial charge is 0.336 e. The van der Waals surface area contributed by atoms with Gasteiger partial charge in [0.25, 0.3) is 5.91 Å². The van der Waals surface area contributed by atoms with Crippen molar-refractivity contribution in [3.8, 4) is 17.1 Å². The molecule has 1 saturated carbocycles. The van der Waals surface area contributed by atoms with Crippen molar-refractivity contribution in [3.63, 3.8) is 0 Å². The summed E-state index contributed by atoms with van der Waals surface area (Å²) in [5, 5.41) is 13.0. The number of pyridine rings is 1. The van der Waals surface area contributed by atoms with Crippen molar-refractivity contribution in [2.75, 3.05) is 13.1 Å². The van der Waals surface area contributed by atoms with E-state index in [1.54, 1.807) is 23.1 Å². The van der Waals surface area contributed by atoms with E-state index in [0.717, 1.165) is 18.4 Å². The molecule has 33 heavy (non-hydrogen) atoms. The Kier molecular flexibility index (Phi) is 5.68. The number of hydrogen-bond acceptors (Lipinski definition) is 5. The number of hydrogen-bond donors (Lipinski definition) is 0. The number of halogens is 1. The molecule has 168 valence electrons. The Morgan fingerprint density at radius 2 is 1.94 bits per heavy atom. The molecule has 0 bridgehead atoms. The number of aryl methyl sites for hydroxylation is 1. The average Bonchev–Trinajstić information content (AvgIpc) is 3.26. The van der Waals surface area contributed by atoms with Crippen LogP contribution in [0.3, 0.4) is 0 Å². The maximum Gasteiger partial charge on any atom is 0.256 e. The molecule has 0 N–H and O–H groups in total. The first-order valence-corrected chi connectivity index (χ1v) is 11.0. The molecule has 1 aliphatic carbocycles. The van der Waals surface area contributed by atoms with Crippen molar-refractivity contribution in [2.24, 2.45) is 5.92 Å². The van der Waals surface area contributed by atoms with E-state index in [1.165, 1.54) is 17.1 Å². The third-order valence-electron chi connectivity index (χ3n) is 5.71. The quantitative estimate of drug-likeness (QED) is 0.414. The maximum atomic E-state index is 13.6. The van der Waals surface area contributed by atoms with Gasteiger partial charge in [0.2, 0.25) is 0 Å². The van der Waals surface area contributed by atoms with Gasteiger partial charge < -0.3 is 4.90 Å². The molecule has 9 heteroatoms. The predicted octanol–water partition coefficient (Wildman–Crippen LogP) is 3.53. The summed E-state index contributed by atoms with van der Waals surface area (Å²) < 4.78 is 14.9. The molecule has 3 aromatic heterocycles. The van der Waals surface area contributed by atoms with E-state index >= 15 is 0 Å². The average molecular weight is 446 g/mol. The summed E-state index contributed by atoms with van der Waals surface area (Å²) in [4.78, 5) is 21.1. The Bertz CT molecular complexity index is 1250. The number of amides is 1. The fourth-order valence-corrected chi connectivity index (χ4v) is 3.77. The molecule has 8 nitrogen and oxygen atoms in total. The summed E-state index contributed by atoms with van der Waals surface area (Å²) in [7, 11) is 0. The van der Waals surface area contributed by atoms with Gasteiger partial charge in [-0.2, -0.15) is 20.1 Å². The van der Waals surface area contributed by atoms with Crippen LogP contribution < -0.4 is 0 Å². The molecule has 0 saturated heterocycles. The van der Waals surface area contributed by atoms with Gasteiger partial charge in [-0.1, -0.05) is 11.6 Å². The number of rotatable bonds is 8. The zero-order valence-corrected chi connectivity index (χ0v) is 18.3. The first-order chi connectivity index (χ1) is 16.1. The number of carbonyl (C=O) groups excluding carboxylic acids is 1. The Hall–Kier alpha value is -3.88. The highest BCUT2D eigenvalue weighted by Crippen LogP contribution is 2.30. The second kappa shape index (κ2) is 8.93. The second-order valence-corrected chi connectivity index (χ2v) is 8.36. The third kappa shape index (κ3) is 4.82. The van der Waals surface area contributed by atoms with Gasteiger partial charge in [-0.25, -0.2) is 4.39 Å². The molecular formula is C24H24FN7O. The van der Waals surface area contributed by atoms with E-state index in [2.05, 4.69) is 20.3 Å². The van der Waals surface area contributed by atoms with Gasteiger partial charge in [0, 0.05) is 19.3 Å². The van der Waals surface area contributed by atoms with E-state index in [0.29, 0.717) is 48.2 Å². The van der Waals surface area contributed by atoms with Crippen LogP contribution in [0, 0.1) is 18.7 Å². The molecule has 0 spiro atoms. The molecule has 1 aromatic carbocycles. The van der Waals surface area contributed by atoms with Crippen LogP contribution in [0.15, 0.2) is 61.2 Å². The molecule has 0 atom stereocenters. The standard InChI is InChI=1S/C24H24FN7O/c1-17-2-7-23(32-27-9-10-28-32)20(14-17)24(33)30(16-18-3-4-18)12-13-31-11-8-22(29-31)21-6-5-19(25)15-26-21/h2,5-11,14-15,18H,3-4,12-13,16H2,1H3. The summed E-state index contributed by atoms with van der Waals surface area (Å²) in [6.45, 7) is 3.75. The van der Waals surface area contributed by atoms with Crippen LogP contribution in [0.4, 0.5) is 4.39 Å². The smallest absolute Gasteiger partial charge is 0.256 e. The highest BCUT2D eigenvalue weighted by Gasteiger charge is 2.28. The summed E-state index contributed by atoms with van der Waals surface area (Å²) in [6, 6.07) is 10.5. The van der Waals surface area contributed by atoms with Gasteiger partial charge in [0.15, 0.2) is 0 Å². The monoisotopic (exact) mass is 445 g/mol. The van der Waals surface area contributed by atoms with Gasteiger partial charge in [-0.3, -0.25) is 14.5 Å². The topological polar surface area (TPSA) is 81.7 Å². The van der Waals surface area contributed by atoms with E-state index in [-0.39, 0.29) is 11.7 Å². The Balaban J connectivity index is 1.35. The van der Waals surface area contributed by atoms with Gasteiger partial charge in [-0.15, -0.1) is 0 Å². The first-order valence-electron chi connectivity index (χ1n) is 11.0. The van der Waals surface area contributed by atoms with Crippen molar-refractivity contribution in [1.82, 2.24) is 34.7 Å². The Labute approximate surface area is 190 Å². The SMILES string of the molecule is Cc1ccc(-n2nccn2)c(C(=O)N(CCn2ccc(-c3ccc(F)cn3)n2)CC2CC2)c1. The first kappa shape index (κ1) is 21.0. The lowest BCUT2D eigenvalue weighted by Gasteiger charge is -2.24. The number of aromatic nitrogens is 6. The fourth-order valence-electron chi connectivity index (χ4n) is 3.77. The number of nitrogens with zero attached hydrogens (tertiary/aromatic N) is 7. The molecule has 5 rings (SSSR count). The Morgan fingerprint density at radius 3 is 2.67 bits per heavy atom. The van der Waals surface area contributed by atoms with Crippen LogP contribution in [-0.2, 0) is 6.54 Å². The molecule has 1 aliphatic rings. The van der Waals surface area contributed by atoms with Crippen LogP contribution >= 0.6 is 0 Å². The molecule has 1 fully saturated rings. The molecule has 3 heterocycles. The van der Waals surface area contributed by atoms with Gasteiger partial charge >= 0.3 is 0 Å². The van der Waals surface area contributed by atoms with Gasteiger partial charge in [-0.05, 0) is 56.0 Å². The van der Waals surface area contributed by atoms with Crippen LogP contribution in [0.2, 0.25) is 0 Å². The zero-order chi connectivity index (χ0) is 22.8. The maximum absolute atomic E-state index is 13.6. The van der Waals surface area contributed by atoms with E-state index < -0.39 is 0 Å². The minimum absolute atomic E-state index is 0.0366. The van der Waals surface area contributed by atoms with Crippen molar-refractivity contribution < 1.29 is 9.18 Å². The minimum atomic E-state index is -0.381. The lowest BCUT2D eigenvalue weighted by molar-refractivity contribution is 0.0739. The van der Waals surface area contributed by atoms with Gasteiger partial charge in [0.05, 0.1) is 42.1 Å². The third-order valence-corrected chi connectivity index (χ3v) is 5.71. The van der Waals surface area contributed by atoms with Crippen LogP contribution in [0.1, 0.15) is 28.8 Å². The highest BCUT2D eigenvalue weighted by molar-refractivity contribution is 5.98. The second-order valence-electron chi connectivity index (χ2n) is 8.36. The van der Waals surface area contributed by atoms with Crippen LogP contribution in [0.25, 0.3) is 17.1 Å². The van der Waals surface area contributed by atoms with Crippen molar-refractivity contribution in [2.45, 2.75) is 26.3 Å². The molecular weight excluding hydrogens is 421 g/mol. The summed E-state index contributed by atoms with van der Waals surface area (Å²) in [5.74, 6) is 0.125. The Morgan fingerprint density at radius 1 is 1.12 bits per heavy atom. The van der Waals surface area contributed by atoms with E-state index in [4.69, 9.17) is 0 Å². The minimum Gasteiger partial charge on any atom is -0.336 e.